The van der Waals surface area contributed by atoms with Crippen LogP contribution < -0.4 is 14.8 Å². The van der Waals surface area contributed by atoms with Crippen LogP contribution in [0.4, 0.5) is 0 Å². The summed E-state index contributed by atoms with van der Waals surface area (Å²) >= 11 is 0. The van der Waals surface area contributed by atoms with Crippen LogP contribution in [0.5, 0.6) is 11.5 Å². The van der Waals surface area contributed by atoms with E-state index in [9.17, 15) is 0 Å². The number of nitrogens with zero attached hydrogens (tertiary/aromatic N) is 3. The lowest BCUT2D eigenvalue weighted by Gasteiger charge is -2.19. The molecule has 1 aliphatic heterocycles. The largest absolute Gasteiger partial charge is 0.490 e. The molecule has 2 aliphatic rings. The van der Waals surface area contributed by atoms with Crippen molar-refractivity contribution in [3.8, 4) is 22.8 Å². The maximum absolute atomic E-state index is 5.84. The van der Waals surface area contributed by atoms with Crippen molar-refractivity contribution in [2.24, 2.45) is 7.05 Å². The first-order valence-corrected chi connectivity index (χ1v) is 10.1. The summed E-state index contributed by atoms with van der Waals surface area (Å²) in [5, 5.41) is 8.29. The zero-order chi connectivity index (χ0) is 18.6. The molecule has 0 atom stereocenters. The first-order valence-electron chi connectivity index (χ1n) is 10.1. The average molecular weight is 370 g/mol. The van der Waals surface area contributed by atoms with Gasteiger partial charge in [0.15, 0.2) is 11.5 Å². The summed E-state index contributed by atoms with van der Waals surface area (Å²) in [5.41, 5.74) is 3.29. The number of aromatic nitrogens is 2. The van der Waals surface area contributed by atoms with Gasteiger partial charge >= 0.3 is 0 Å². The molecule has 0 bridgehead atoms. The lowest BCUT2D eigenvalue weighted by Crippen LogP contribution is -2.33. The van der Waals surface area contributed by atoms with E-state index in [-0.39, 0.29) is 0 Å². The van der Waals surface area contributed by atoms with Crippen molar-refractivity contribution in [3.05, 3.63) is 30.0 Å². The second-order valence-corrected chi connectivity index (χ2v) is 7.43. The van der Waals surface area contributed by atoms with Crippen LogP contribution in [0.3, 0.4) is 0 Å². The Morgan fingerprint density at radius 2 is 2.04 bits per heavy atom. The molecule has 2 aromatic rings. The van der Waals surface area contributed by atoms with E-state index >= 15 is 0 Å². The Kier molecular flexibility index (Phi) is 5.64. The zero-order valence-corrected chi connectivity index (χ0v) is 16.4. The summed E-state index contributed by atoms with van der Waals surface area (Å²) < 4.78 is 13.5. The van der Waals surface area contributed by atoms with Crippen LogP contribution in [0.2, 0.25) is 0 Å². The molecule has 0 radical (unpaired) electrons. The Bertz CT molecular complexity index is 770. The number of rotatable bonds is 8. The second kappa shape index (κ2) is 8.31. The predicted octanol–water partition coefficient (Wildman–Crippen LogP) is 2.82. The average Bonchev–Trinajstić information content (AvgIpc) is 3.47. The van der Waals surface area contributed by atoms with Gasteiger partial charge in [-0.05, 0) is 37.6 Å². The highest BCUT2D eigenvalue weighted by Crippen LogP contribution is 2.34. The number of fused-ring (bicyclic) bond motifs is 1. The second-order valence-electron chi connectivity index (χ2n) is 7.43. The number of nitrogens with one attached hydrogen (secondary N) is 1. The summed E-state index contributed by atoms with van der Waals surface area (Å²) in [4.78, 5) is 2.57. The molecule has 1 aliphatic carbocycles. The van der Waals surface area contributed by atoms with Gasteiger partial charge in [-0.25, -0.2) is 0 Å². The van der Waals surface area contributed by atoms with Gasteiger partial charge in [-0.15, -0.1) is 0 Å². The van der Waals surface area contributed by atoms with E-state index in [1.165, 1.54) is 18.4 Å². The normalized spacial score (nSPS) is 16.6. The Morgan fingerprint density at radius 1 is 1.22 bits per heavy atom. The molecule has 1 N–H and O–H groups in total. The van der Waals surface area contributed by atoms with E-state index < -0.39 is 0 Å². The lowest BCUT2D eigenvalue weighted by atomic mass is 10.1. The summed E-state index contributed by atoms with van der Waals surface area (Å²) in [6, 6.07) is 6.95. The zero-order valence-electron chi connectivity index (χ0n) is 16.4. The van der Waals surface area contributed by atoms with Gasteiger partial charge in [-0.2, -0.15) is 5.10 Å². The standard InChI is InChI=1S/C21H30N4O2/c1-3-25(18-6-7-18)10-9-22-14-17-15-24(2)23-21(17)16-5-8-19-20(13-16)27-12-4-11-26-19/h5,8,13,15,18,22H,3-4,6-7,9-12,14H2,1-2H3. The topological polar surface area (TPSA) is 51.6 Å². The molecular weight excluding hydrogens is 340 g/mol. The van der Waals surface area contributed by atoms with Crippen molar-refractivity contribution in [2.75, 3.05) is 32.8 Å². The van der Waals surface area contributed by atoms with Crippen LogP contribution in [0.1, 0.15) is 31.7 Å². The summed E-state index contributed by atoms with van der Waals surface area (Å²) in [6.45, 7) is 7.73. The smallest absolute Gasteiger partial charge is 0.161 e. The van der Waals surface area contributed by atoms with E-state index in [2.05, 4.69) is 35.5 Å². The minimum absolute atomic E-state index is 0.696. The Hall–Kier alpha value is -2.05. The van der Waals surface area contributed by atoms with E-state index in [1.54, 1.807) is 0 Å². The molecule has 1 aromatic heterocycles. The molecule has 0 unspecified atom stereocenters. The molecule has 6 nitrogen and oxygen atoms in total. The van der Waals surface area contributed by atoms with Gasteiger partial charge in [0.1, 0.15) is 0 Å². The Balaban J connectivity index is 1.42. The number of hydrogen-bond donors (Lipinski definition) is 1. The van der Waals surface area contributed by atoms with E-state index in [0.29, 0.717) is 13.2 Å². The van der Waals surface area contributed by atoms with E-state index in [0.717, 1.165) is 61.4 Å². The third kappa shape index (κ3) is 4.45. The van der Waals surface area contributed by atoms with Crippen LogP contribution in [0.25, 0.3) is 11.3 Å². The number of likely N-dealkylation sites (N-methyl/N-ethyl adjacent to an activating group) is 1. The minimum atomic E-state index is 0.696. The highest BCUT2D eigenvalue weighted by atomic mass is 16.5. The van der Waals surface area contributed by atoms with Gasteiger partial charge in [-0.3, -0.25) is 9.58 Å². The molecule has 1 saturated carbocycles. The molecule has 0 saturated heterocycles. The maximum Gasteiger partial charge on any atom is 0.161 e. The van der Waals surface area contributed by atoms with Gasteiger partial charge in [-0.1, -0.05) is 6.92 Å². The highest BCUT2D eigenvalue weighted by molar-refractivity contribution is 5.66. The fourth-order valence-corrected chi connectivity index (χ4v) is 3.70. The van der Waals surface area contributed by atoms with E-state index in [1.807, 2.05) is 17.8 Å². The maximum atomic E-state index is 5.84. The highest BCUT2D eigenvalue weighted by Gasteiger charge is 2.27. The van der Waals surface area contributed by atoms with Crippen molar-refractivity contribution in [1.29, 1.82) is 0 Å². The minimum Gasteiger partial charge on any atom is -0.490 e. The molecule has 2 heterocycles. The fourth-order valence-electron chi connectivity index (χ4n) is 3.70. The molecule has 1 fully saturated rings. The Morgan fingerprint density at radius 3 is 2.81 bits per heavy atom. The van der Waals surface area contributed by atoms with Gasteiger partial charge in [0.05, 0.1) is 18.9 Å². The Labute approximate surface area is 161 Å². The van der Waals surface area contributed by atoms with Crippen molar-refractivity contribution < 1.29 is 9.47 Å². The quantitative estimate of drug-likeness (QED) is 0.724. The number of hydrogen-bond acceptors (Lipinski definition) is 5. The van der Waals surface area contributed by atoms with Gasteiger partial charge < -0.3 is 14.8 Å². The third-order valence-corrected chi connectivity index (χ3v) is 5.29. The number of ether oxygens (including phenoxy) is 2. The van der Waals surface area contributed by atoms with Crippen LogP contribution in [0.15, 0.2) is 24.4 Å². The monoisotopic (exact) mass is 370 g/mol. The lowest BCUT2D eigenvalue weighted by molar-refractivity contribution is 0.277. The van der Waals surface area contributed by atoms with Crippen molar-refractivity contribution in [1.82, 2.24) is 20.0 Å². The number of aryl methyl sites for hydroxylation is 1. The van der Waals surface area contributed by atoms with Gasteiger partial charge in [0, 0.05) is 56.5 Å². The predicted molar refractivity (Wildman–Crippen MR) is 106 cm³/mol. The van der Waals surface area contributed by atoms with Gasteiger partial charge in [0.2, 0.25) is 0 Å². The van der Waals surface area contributed by atoms with Gasteiger partial charge in [0.25, 0.3) is 0 Å². The van der Waals surface area contributed by atoms with Crippen LogP contribution in [-0.2, 0) is 13.6 Å². The molecule has 6 heteroatoms. The summed E-state index contributed by atoms with van der Waals surface area (Å²) in [7, 11) is 1.97. The molecule has 146 valence electrons. The number of benzene rings is 1. The van der Waals surface area contributed by atoms with Crippen molar-refractivity contribution in [3.63, 3.8) is 0 Å². The summed E-state index contributed by atoms with van der Waals surface area (Å²) in [6.07, 6.45) is 5.75. The SMILES string of the molecule is CCN(CCNCc1cn(C)nc1-c1ccc2c(c1)OCCCO2)C1CC1. The third-order valence-electron chi connectivity index (χ3n) is 5.29. The molecule has 1 aromatic carbocycles. The van der Waals surface area contributed by atoms with Crippen LogP contribution >= 0.6 is 0 Å². The fraction of sp³-hybridized carbons (Fsp3) is 0.571. The molecular formula is C21H30N4O2. The molecule has 4 rings (SSSR count). The van der Waals surface area contributed by atoms with Crippen LogP contribution in [0, 0.1) is 0 Å². The molecule has 27 heavy (non-hydrogen) atoms. The molecule has 0 spiro atoms. The van der Waals surface area contributed by atoms with Crippen molar-refractivity contribution >= 4 is 0 Å². The molecule has 0 amide bonds. The van der Waals surface area contributed by atoms with Crippen molar-refractivity contribution in [2.45, 2.75) is 38.8 Å². The van der Waals surface area contributed by atoms with Crippen LogP contribution in [-0.4, -0.2) is 53.6 Å². The first-order chi connectivity index (χ1) is 13.2. The van der Waals surface area contributed by atoms with E-state index in [4.69, 9.17) is 14.6 Å². The summed E-state index contributed by atoms with van der Waals surface area (Å²) in [5.74, 6) is 1.64. The first kappa shape index (κ1) is 18.3.